The summed E-state index contributed by atoms with van der Waals surface area (Å²) in [6.45, 7) is 0. The van der Waals surface area contributed by atoms with E-state index in [-0.39, 0.29) is 0 Å². The molecule has 4 nitrogen and oxygen atoms in total. The van der Waals surface area contributed by atoms with Crippen molar-refractivity contribution >= 4 is 34.7 Å². The van der Waals surface area contributed by atoms with Crippen molar-refractivity contribution in [3.8, 4) is 22.0 Å². The lowest BCUT2D eigenvalue weighted by atomic mass is 10.2. The number of thioether (sulfide) groups is 1. The van der Waals surface area contributed by atoms with E-state index in [1.807, 2.05) is 54.6 Å². The molecule has 2 aromatic carbocycles. The van der Waals surface area contributed by atoms with E-state index in [0.717, 1.165) is 32.7 Å². The molecule has 0 amide bonds. The minimum Gasteiger partial charge on any atom is -0.258 e. The van der Waals surface area contributed by atoms with E-state index in [0.29, 0.717) is 10.9 Å². The number of benzene rings is 2. The number of halogens is 1. The molecule has 0 aliphatic heterocycles. The molecule has 0 unspecified atom stereocenters. The molecule has 25 heavy (non-hydrogen) atoms. The highest BCUT2D eigenvalue weighted by atomic mass is 35.5. The summed E-state index contributed by atoms with van der Waals surface area (Å²) in [5.74, 6) is 1.49. The Morgan fingerprint density at radius 3 is 2.64 bits per heavy atom. The molecule has 0 bridgehead atoms. The van der Waals surface area contributed by atoms with Gasteiger partial charge in [-0.05, 0) is 6.07 Å². The average Bonchev–Trinajstić information content (AvgIpc) is 3.31. The lowest BCUT2D eigenvalue weighted by Gasteiger charge is -1.98. The van der Waals surface area contributed by atoms with E-state index in [1.54, 1.807) is 23.1 Å². The molecular formula is C18H13ClN4S2. The molecule has 7 heteroatoms. The Hall–Kier alpha value is -2.15. The van der Waals surface area contributed by atoms with Crippen LogP contribution in [-0.2, 0) is 5.75 Å². The van der Waals surface area contributed by atoms with E-state index >= 15 is 0 Å². The molecule has 2 aromatic heterocycles. The van der Waals surface area contributed by atoms with Gasteiger partial charge in [0.15, 0.2) is 5.82 Å². The number of H-pyrrole nitrogens is 1. The Kier molecular flexibility index (Phi) is 4.83. The summed E-state index contributed by atoms with van der Waals surface area (Å²) < 4.78 is 0. The van der Waals surface area contributed by atoms with Gasteiger partial charge in [0.25, 0.3) is 0 Å². The van der Waals surface area contributed by atoms with Crippen LogP contribution in [0.1, 0.15) is 5.69 Å². The van der Waals surface area contributed by atoms with Crippen molar-refractivity contribution in [2.24, 2.45) is 0 Å². The van der Waals surface area contributed by atoms with Gasteiger partial charge in [-0.3, -0.25) is 5.10 Å². The predicted molar refractivity (Wildman–Crippen MR) is 104 cm³/mol. The van der Waals surface area contributed by atoms with Gasteiger partial charge in [-0.15, -0.1) is 16.4 Å². The number of thiazole rings is 1. The van der Waals surface area contributed by atoms with Crippen LogP contribution in [0.25, 0.3) is 22.0 Å². The predicted octanol–water partition coefficient (Wildman–Crippen LogP) is 5.54. The Bertz CT molecular complexity index is 981. The number of nitrogens with zero attached hydrogens (tertiary/aromatic N) is 3. The van der Waals surface area contributed by atoms with E-state index in [4.69, 9.17) is 11.6 Å². The minimum absolute atomic E-state index is 0.714. The van der Waals surface area contributed by atoms with E-state index in [2.05, 4.69) is 25.5 Å². The second-order valence-corrected chi connectivity index (χ2v) is 7.45. The molecule has 0 fully saturated rings. The van der Waals surface area contributed by atoms with Gasteiger partial charge in [0, 0.05) is 22.3 Å². The molecule has 0 atom stereocenters. The van der Waals surface area contributed by atoms with Crippen LogP contribution in [0.3, 0.4) is 0 Å². The zero-order chi connectivity index (χ0) is 17.1. The largest absolute Gasteiger partial charge is 0.258 e. The quantitative estimate of drug-likeness (QED) is 0.459. The maximum absolute atomic E-state index is 6.24. The molecule has 0 saturated heterocycles. The summed E-state index contributed by atoms with van der Waals surface area (Å²) in [5, 5.41) is 11.7. The van der Waals surface area contributed by atoms with E-state index < -0.39 is 0 Å². The molecule has 1 N–H and O–H groups in total. The molecule has 2 heterocycles. The topological polar surface area (TPSA) is 54.5 Å². The monoisotopic (exact) mass is 384 g/mol. The van der Waals surface area contributed by atoms with Gasteiger partial charge < -0.3 is 0 Å². The summed E-state index contributed by atoms with van der Waals surface area (Å²) >= 11 is 9.40. The molecule has 0 aliphatic rings. The summed E-state index contributed by atoms with van der Waals surface area (Å²) in [5.41, 5.74) is 2.99. The van der Waals surface area contributed by atoms with Crippen molar-refractivity contribution in [2.75, 3.05) is 0 Å². The molecule has 0 spiro atoms. The Balaban J connectivity index is 1.44. The highest BCUT2D eigenvalue weighted by Gasteiger charge is 2.10. The second-order valence-electron chi connectivity index (χ2n) is 5.25. The van der Waals surface area contributed by atoms with Gasteiger partial charge in [0.05, 0.1) is 10.7 Å². The Morgan fingerprint density at radius 1 is 1.00 bits per heavy atom. The molecule has 0 saturated carbocycles. The van der Waals surface area contributed by atoms with Crippen LogP contribution in [0.2, 0.25) is 5.02 Å². The molecule has 124 valence electrons. The van der Waals surface area contributed by atoms with Crippen molar-refractivity contribution in [3.05, 3.63) is 70.7 Å². The lowest BCUT2D eigenvalue weighted by molar-refractivity contribution is 0.972. The second kappa shape index (κ2) is 7.39. The van der Waals surface area contributed by atoms with E-state index in [1.165, 1.54) is 0 Å². The van der Waals surface area contributed by atoms with E-state index in [9.17, 15) is 0 Å². The van der Waals surface area contributed by atoms with Gasteiger partial charge in [-0.1, -0.05) is 71.9 Å². The number of aromatic nitrogens is 4. The van der Waals surface area contributed by atoms with Crippen molar-refractivity contribution in [2.45, 2.75) is 10.9 Å². The number of aromatic amines is 1. The molecule has 4 aromatic rings. The SMILES string of the molecule is Clc1ccccc1-c1nc(CSc2n[nH]c(-c3ccccc3)n2)cs1. The molecule has 0 radical (unpaired) electrons. The zero-order valence-corrected chi connectivity index (χ0v) is 15.4. The first-order valence-electron chi connectivity index (χ1n) is 7.59. The fourth-order valence-electron chi connectivity index (χ4n) is 2.31. The third-order valence-corrected chi connectivity index (χ3v) is 5.65. The van der Waals surface area contributed by atoms with Gasteiger partial charge in [0.1, 0.15) is 5.01 Å². The van der Waals surface area contributed by atoms with Crippen LogP contribution in [0, 0.1) is 0 Å². The van der Waals surface area contributed by atoms with Gasteiger partial charge in [-0.2, -0.15) is 0 Å². The summed E-state index contributed by atoms with van der Waals surface area (Å²) in [4.78, 5) is 9.19. The summed E-state index contributed by atoms with van der Waals surface area (Å²) in [6, 6.07) is 17.7. The fourth-order valence-corrected chi connectivity index (χ4v) is 4.24. The first-order chi connectivity index (χ1) is 12.3. The van der Waals surface area contributed by atoms with Crippen LogP contribution in [0.4, 0.5) is 0 Å². The average molecular weight is 385 g/mol. The molecule has 0 aliphatic carbocycles. The lowest BCUT2D eigenvalue weighted by Crippen LogP contribution is -1.84. The minimum atomic E-state index is 0.714. The summed E-state index contributed by atoms with van der Waals surface area (Å²) in [6.07, 6.45) is 0. The number of nitrogens with one attached hydrogen (secondary N) is 1. The molecule has 4 rings (SSSR count). The van der Waals surface area contributed by atoms with Crippen LogP contribution >= 0.6 is 34.7 Å². The van der Waals surface area contributed by atoms with Crippen molar-refractivity contribution in [3.63, 3.8) is 0 Å². The van der Waals surface area contributed by atoms with Crippen LogP contribution < -0.4 is 0 Å². The van der Waals surface area contributed by atoms with Gasteiger partial charge in [0.2, 0.25) is 5.16 Å². The Labute approximate surface area is 158 Å². The number of hydrogen-bond donors (Lipinski definition) is 1. The number of rotatable bonds is 5. The van der Waals surface area contributed by atoms with Crippen LogP contribution in [0.5, 0.6) is 0 Å². The van der Waals surface area contributed by atoms with Crippen LogP contribution in [0.15, 0.2) is 65.1 Å². The van der Waals surface area contributed by atoms with Crippen LogP contribution in [-0.4, -0.2) is 20.2 Å². The standard InChI is InChI=1S/C18H13ClN4S2/c19-15-9-5-4-8-14(15)17-20-13(10-24-17)11-25-18-21-16(22-23-18)12-6-2-1-3-7-12/h1-10H,11H2,(H,21,22,23). The summed E-state index contributed by atoms with van der Waals surface area (Å²) in [7, 11) is 0. The van der Waals surface area contributed by atoms with Crippen molar-refractivity contribution in [1.82, 2.24) is 20.2 Å². The highest BCUT2D eigenvalue weighted by Crippen LogP contribution is 2.31. The maximum Gasteiger partial charge on any atom is 0.209 e. The smallest absolute Gasteiger partial charge is 0.209 e. The third kappa shape index (κ3) is 3.76. The van der Waals surface area contributed by atoms with Crippen molar-refractivity contribution < 1.29 is 0 Å². The first-order valence-corrected chi connectivity index (χ1v) is 9.84. The van der Waals surface area contributed by atoms with Gasteiger partial charge in [-0.25, -0.2) is 9.97 Å². The first kappa shape index (κ1) is 16.3. The normalized spacial score (nSPS) is 10.9. The molecular weight excluding hydrogens is 372 g/mol. The Morgan fingerprint density at radius 2 is 1.80 bits per heavy atom. The third-order valence-electron chi connectivity index (χ3n) is 3.52. The van der Waals surface area contributed by atoms with Crippen molar-refractivity contribution in [1.29, 1.82) is 0 Å². The number of hydrogen-bond acceptors (Lipinski definition) is 5. The zero-order valence-electron chi connectivity index (χ0n) is 13.0. The van der Waals surface area contributed by atoms with Gasteiger partial charge >= 0.3 is 0 Å². The highest BCUT2D eigenvalue weighted by molar-refractivity contribution is 7.98. The maximum atomic E-state index is 6.24. The fraction of sp³-hybridized carbons (Fsp3) is 0.0556.